The SMILES string of the molecule is Cc1noc(-c2ccc(Oc3cc(C(=O)NC4CCN(C5CCCC5)CC4)ccc3CN3C[C@H](c4ccccc4)CC3=O)cc2)n1. The third-order valence-electron chi connectivity index (χ3n) is 9.74. The van der Waals surface area contributed by atoms with Gasteiger partial charge in [0.25, 0.3) is 11.8 Å². The van der Waals surface area contributed by atoms with Gasteiger partial charge in [0.2, 0.25) is 5.91 Å². The molecule has 4 aromatic rings. The molecule has 2 saturated heterocycles. The van der Waals surface area contributed by atoms with Gasteiger partial charge in [-0.1, -0.05) is 54.4 Å². The van der Waals surface area contributed by atoms with E-state index in [1.54, 1.807) is 6.92 Å². The number of aryl methyl sites for hydroxylation is 1. The average molecular weight is 620 g/mol. The van der Waals surface area contributed by atoms with Crippen molar-refractivity contribution in [2.45, 2.75) is 76.4 Å². The molecule has 7 rings (SSSR count). The molecule has 1 aliphatic carbocycles. The Morgan fingerprint density at radius 2 is 1.74 bits per heavy atom. The Hall–Kier alpha value is -4.50. The Labute approximate surface area is 269 Å². The van der Waals surface area contributed by atoms with Crippen LogP contribution in [0.25, 0.3) is 11.5 Å². The maximum Gasteiger partial charge on any atom is 0.257 e. The van der Waals surface area contributed by atoms with E-state index < -0.39 is 0 Å². The standard InChI is InChI=1S/C37H41N5O4/c1-25-38-37(46-40-25)27-13-15-33(16-14-27)45-34-21-28(36(44)39-31-17-19-41(20-18-31)32-9-5-6-10-32)11-12-29(34)23-42-24-30(22-35(42)43)26-7-3-2-4-8-26/h2-4,7-8,11-16,21,30-32H,5-6,9-10,17-20,22-24H2,1H3,(H,39,44)/t30-/m1/s1. The molecule has 238 valence electrons. The van der Waals surface area contributed by atoms with Gasteiger partial charge in [-0.2, -0.15) is 4.98 Å². The number of amides is 2. The highest BCUT2D eigenvalue weighted by Gasteiger charge is 2.32. The number of rotatable bonds is 9. The quantitative estimate of drug-likeness (QED) is 0.229. The minimum Gasteiger partial charge on any atom is -0.457 e. The Kier molecular flexibility index (Phi) is 8.83. The first-order chi connectivity index (χ1) is 22.5. The van der Waals surface area contributed by atoms with Gasteiger partial charge in [-0.3, -0.25) is 9.59 Å². The normalized spacial score (nSPS) is 19.5. The van der Waals surface area contributed by atoms with Crippen molar-refractivity contribution in [3.8, 4) is 23.0 Å². The van der Waals surface area contributed by atoms with Crippen LogP contribution in [0.5, 0.6) is 11.5 Å². The van der Waals surface area contributed by atoms with Gasteiger partial charge in [0.15, 0.2) is 5.82 Å². The zero-order chi connectivity index (χ0) is 31.5. The summed E-state index contributed by atoms with van der Waals surface area (Å²) in [6, 6.07) is 24.1. The van der Waals surface area contributed by atoms with Crippen LogP contribution in [0.1, 0.15) is 78.2 Å². The second-order valence-corrected chi connectivity index (χ2v) is 12.9. The van der Waals surface area contributed by atoms with E-state index in [2.05, 4.69) is 32.5 Å². The highest BCUT2D eigenvalue weighted by Crippen LogP contribution is 2.34. The smallest absolute Gasteiger partial charge is 0.257 e. The van der Waals surface area contributed by atoms with E-state index in [-0.39, 0.29) is 23.8 Å². The molecule has 0 radical (unpaired) electrons. The summed E-state index contributed by atoms with van der Waals surface area (Å²) in [6.45, 7) is 4.90. The van der Waals surface area contributed by atoms with Crippen molar-refractivity contribution in [3.63, 3.8) is 0 Å². The van der Waals surface area contributed by atoms with E-state index in [1.807, 2.05) is 65.6 Å². The largest absolute Gasteiger partial charge is 0.457 e. The first kappa shape index (κ1) is 30.2. The van der Waals surface area contributed by atoms with Gasteiger partial charge in [0, 0.05) is 67.3 Å². The topological polar surface area (TPSA) is 101 Å². The molecule has 2 amide bonds. The van der Waals surface area contributed by atoms with Crippen molar-refractivity contribution in [1.29, 1.82) is 0 Å². The van der Waals surface area contributed by atoms with Crippen LogP contribution < -0.4 is 10.1 Å². The predicted molar refractivity (Wildman–Crippen MR) is 175 cm³/mol. The van der Waals surface area contributed by atoms with Crippen molar-refractivity contribution in [1.82, 2.24) is 25.3 Å². The van der Waals surface area contributed by atoms with E-state index in [1.165, 1.54) is 31.2 Å². The number of benzene rings is 3. The highest BCUT2D eigenvalue weighted by molar-refractivity contribution is 5.95. The van der Waals surface area contributed by atoms with Crippen LogP contribution in [0.4, 0.5) is 0 Å². The summed E-state index contributed by atoms with van der Waals surface area (Å²) in [5.41, 5.74) is 3.35. The summed E-state index contributed by atoms with van der Waals surface area (Å²) < 4.78 is 11.7. The fourth-order valence-electron chi connectivity index (χ4n) is 7.15. The molecular formula is C37H41N5O4. The lowest BCUT2D eigenvalue weighted by molar-refractivity contribution is -0.128. The number of hydrogen-bond donors (Lipinski definition) is 1. The average Bonchev–Trinajstić information content (AvgIpc) is 3.85. The van der Waals surface area contributed by atoms with Gasteiger partial charge in [-0.15, -0.1) is 0 Å². The van der Waals surface area contributed by atoms with Crippen LogP contribution in [-0.4, -0.2) is 63.5 Å². The maximum atomic E-state index is 13.5. The molecule has 3 aliphatic rings. The first-order valence-corrected chi connectivity index (χ1v) is 16.6. The summed E-state index contributed by atoms with van der Waals surface area (Å²) >= 11 is 0. The van der Waals surface area contributed by atoms with Crippen molar-refractivity contribution in [2.24, 2.45) is 0 Å². The molecule has 3 aromatic carbocycles. The lowest BCUT2D eigenvalue weighted by atomic mass is 9.98. The second-order valence-electron chi connectivity index (χ2n) is 12.9. The third-order valence-corrected chi connectivity index (χ3v) is 9.74. The van der Waals surface area contributed by atoms with E-state index in [4.69, 9.17) is 9.26 Å². The van der Waals surface area contributed by atoms with Crippen molar-refractivity contribution in [2.75, 3.05) is 19.6 Å². The maximum absolute atomic E-state index is 13.5. The third kappa shape index (κ3) is 6.84. The molecule has 2 aliphatic heterocycles. The number of aromatic nitrogens is 2. The van der Waals surface area contributed by atoms with E-state index in [0.717, 1.165) is 43.1 Å². The molecule has 1 N–H and O–H groups in total. The molecule has 3 fully saturated rings. The molecule has 1 aromatic heterocycles. The molecule has 3 heterocycles. The lowest BCUT2D eigenvalue weighted by Crippen LogP contribution is -2.47. The molecule has 1 atom stereocenters. The zero-order valence-corrected chi connectivity index (χ0v) is 26.4. The Morgan fingerprint density at radius 3 is 2.46 bits per heavy atom. The number of nitrogens with one attached hydrogen (secondary N) is 1. The van der Waals surface area contributed by atoms with Crippen LogP contribution in [0, 0.1) is 6.92 Å². The molecule has 9 nitrogen and oxygen atoms in total. The molecule has 46 heavy (non-hydrogen) atoms. The van der Waals surface area contributed by atoms with Gasteiger partial charge >= 0.3 is 0 Å². The number of carbonyl (C=O) groups is 2. The van der Waals surface area contributed by atoms with Gasteiger partial charge in [-0.25, -0.2) is 0 Å². The fourth-order valence-corrected chi connectivity index (χ4v) is 7.15. The molecule has 0 spiro atoms. The molecule has 0 bridgehead atoms. The molecule has 9 heteroatoms. The molecule has 0 unspecified atom stereocenters. The van der Waals surface area contributed by atoms with Crippen LogP contribution >= 0.6 is 0 Å². The van der Waals surface area contributed by atoms with E-state index in [0.29, 0.717) is 48.3 Å². The fraction of sp³-hybridized carbons (Fsp3) is 0.405. The summed E-state index contributed by atoms with van der Waals surface area (Å²) in [6.07, 6.45) is 7.71. The van der Waals surface area contributed by atoms with Crippen molar-refractivity contribution >= 4 is 11.8 Å². The lowest BCUT2D eigenvalue weighted by Gasteiger charge is -2.36. The van der Waals surface area contributed by atoms with E-state index >= 15 is 0 Å². The minimum absolute atomic E-state index is 0.0979. The van der Waals surface area contributed by atoms with Gasteiger partial charge < -0.3 is 24.4 Å². The predicted octanol–water partition coefficient (Wildman–Crippen LogP) is 6.49. The number of ether oxygens (including phenoxy) is 1. The number of hydrogen-bond acceptors (Lipinski definition) is 7. The summed E-state index contributed by atoms with van der Waals surface area (Å²) in [4.78, 5) is 35.4. The second kappa shape index (κ2) is 13.5. The van der Waals surface area contributed by atoms with Crippen LogP contribution in [-0.2, 0) is 11.3 Å². The van der Waals surface area contributed by atoms with Gasteiger partial charge in [0.05, 0.1) is 0 Å². The van der Waals surface area contributed by atoms with Crippen molar-refractivity contribution in [3.05, 3.63) is 95.3 Å². The van der Waals surface area contributed by atoms with Crippen LogP contribution in [0.2, 0.25) is 0 Å². The Morgan fingerprint density at radius 1 is 0.978 bits per heavy atom. The highest BCUT2D eigenvalue weighted by atomic mass is 16.5. The number of nitrogens with zero attached hydrogens (tertiary/aromatic N) is 4. The summed E-state index contributed by atoms with van der Waals surface area (Å²) in [5, 5.41) is 7.15. The van der Waals surface area contributed by atoms with E-state index in [9.17, 15) is 9.59 Å². The number of likely N-dealkylation sites (tertiary alicyclic amines) is 2. The van der Waals surface area contributed by atoms with Gasteiger partial charge in [-0.05, 0) is 74.6 Å². The summed E-state index contributed by atoms with van der Waals surface area (Å²) in [7, 11) is 0. The Balaban J connectivity index is 1.08. The summed E-state index contributed by atoms with van der Waals surface area (Å²) in [5.74, 6) is 2.35. The first-order valence-electron chi connectivity index (χ1n) is 16.6. The van der Waals surface area contributed by atoms with Crippen LogP contribution in [0.3, 0.4) is 0 Å². The molecular weight excluding hydrogens is 578 g/mol. The zero-order valence-electron chi connectivity index (χ0n) is 26.4. The molecule has 1 saturated carbocycles. The van der Waals surface area contributed by atoms with Crippen LogP contribution in [0.15, 0.2) is 77.3 Å². The monoisotopic (exact) mass is 619 g/mol. The number of carbonyl (C=O) groups excluding carboxylic acids is 2. The number of piperidine rings is 1. The minimum atomic E-state index is -0.0979. The van der Waals surface area contributed by atoms with Crippen molar-refractivity contribution < 1.29 is 18.8 Å². The van der Waals surface area contributed by atoms with Gasteiger partial charge in [0.1, 0.15) is 11.5 Å². The Bertz CT molecular complexity index is 1660.